The molecule has 0 unspecified atom stereocenters. The van der Waals surface area contributed by atoms with E-state index in [2.05, 4.69) is 4.74 Å². The number of esters is 1. The highest BCUT2D eigenvalue weighted by molar-refractivity contribution is 7.11. The molecule has 0 aromatic carbocycles. The summed E-state index contributed by atoms with van der Waals surface area (Å²) in [4.78, 5) is 32.6. The average molecular weight is 201 g/mol. The monoisotopic (exact) mass is 201 g/mol. The molecule has 0 aliphatic carbocycles. The van der Waals surface area contributed by atoms with Gasteiger partial charge < -0.3 is 4.74 Å². The van der Waals surface area contributed by atoms with Gasteiger partial charge in [0.2, 0.25) is 0 Å². The lowest BCUT2D eigenvalue weighted by molar-refractivity contribution is 0.0606. The maximum Gasteiger partial charge on any atom is 0.348 e. The maximum atomic E-state index is 11.1. The molecule has 0 atom stereocenters. The third kappa shape index (κ3) is 1.83. The average Bonchev–Trinajstić information content (AvgIpc) is 2.12. The highest BCUT2D eigenvalue weighted by atomic mass is 32.1. The first-order valence-electron chi connectivity index (χ1n) is 3.35. The number of carbonyl (C=O) groups excluding carboxylic acids is 1. The van der Waals surface area contributed by atoms with Crippen LogP contribution in [0, 0.1) is 0 Å². The Morgan fingerprint density at radius 2 is 2.15 bits per heavy atom. The molecule has 1 heterocycles. The fraction of sp³-hybridized carbons (Fsp3) is 0.286. The lowest BCUT2D eigenvalue weighted by atomic mass is 10.5. The van der Waals surface area contributed by atoms with Crippen LogP contribution in [0.2, 0.25) is 0 Å². The quantitative estimate of drug-likeness (QED) is 0.579. The summed E-state index contributed by atoms with van der Waals surface area (Å²) in [5.74, 6) is -0.667. The number of hydrogen-bond donors (Lipinski definition) is 0. The van der Waals surface area contributed by atoms with Crippen molar-refractivity contribution in [2.45, 2.75) is 0 Å². The molecule has 0 radical (unpaired) electrons. The number of ether oxygens (including phenoxy) is 1. The van der Waals surface area contributed by atoms with E-state index in [1.54, 1.807) is 0 Å². The first-order chi connectivity index (χ1) is 6.06. The minimum atomic E-state index is -0.667. The van der Waals surface area contributed by atoms with Crippen LogP contribution in [0.15, 0.2) is 15.7 Å². The smallest absolute Gasteiger partial charge is 0.348 e. The zero-order valence-electron chi connectivity index (χ0n) is 7.07. The Labute approximate surface area is 77.2 Å². The minimum Gasteiger partial charge on any atom is -0.465 e. The number of methoxy groups -OCH3 is 1. The van der Waals surface area contributed by atoms with Crippen LogP contribution < -0.4 is 10.4 Å². The zero-order valence-corrected chi connectivity index (χ0v) is 7.88. The summed E-state index contributed by atoms with van der Waals surface area (Å²) >= 11 is 0.684. The number of nitrogens with zero attached hydrogens (tertiary/aromatic N) is 1. The van der Waals surface area contributed by atoms with E-state index in [0.29, 0.717) is 11.3 Å². The molecule has 5 nitrogen and oxygen atoms in total. The molecule has 70 valence electrons. The molecule has 0 aliphatic heterocycles. The van der Waals surface area contributed by atoms with Gasteiger partial charge in [0.25, 0.3) is 5.56 Å². The van der Waals surface area contributed by atoms with Crippen molar-refractivity contribution >= 4 is 17.3 Å². The third-order valence-electron chi connectivity index (χ3n) is 1.44. The van der Waals surface area contributed by atoms with Gasteiger partial charge in [0.05, 0.1) is 7.11 Å². The van der Waals surface area contributed by atoms with Crippen LogP contribution in [0.3, 0.4) is 0 Å². The van der Waals surface area contributed by atoms with E-state index in [1.807, 2.05) is 0 Å². The molecule has 6 heteroatoms. The molecular weight excluding hydrogens is 194 g/mol. The predicted octanol–water partition coefficient (Wildman–Crippen LogP) is -0.406. The van der Waals surface area contributed by atoms with Crippen molar-refractivity contribution < 1.29 is 9.53 Å². The van der Waals surface area contributed by atoms with E-state index in [4.69, 9.17) is 0 Å². The van der Waals surface area contributed by atoms with Gasteiger partial charge in [-0.15, -0.1) is 0 Å². The van der Waals surface area contributed by atoms with Gasteiger partial charge in [-0.25, -0.2) is 4.79 Å². The van der Waals surface area contributed by atoms with Crippen molar-refractivity contribution in [3.63, 3.8) is 0 Å². The molecule has 1 aromatic heterocycles. The number of rotatable bonds is 1. The van der Waals surface area contributed by atoms with E-state index in [-0.39, 0.29) is 4.88 Å². The normalized spacial score (nSPS) is 9.69. The second kappa shape index (κ2) is 3.53. The van der Waals surface area contributed by atoms with Crippen LogP contribution in [0.25, 0.3) is 0 Å². The fourth-order valence-electron chi connectivity index (χ4n) is 0.692. The highest BCUT2D eigenvalue weighted by Crippen LogP contribution is 1.99. The first-order valence-corrected chi connectivity index (χ1v) is 4.17. The van der Waals surface area contributed by atoms with E-state index in [9.17, 15) is 14.4 Å². The molecule has 0 spiro atoms. The van der Waals surface area contributed by atoms with E-state index < -0.39 is 16.4 Å². The molecule has 1 rings (SSSR count). The molecule has 0 bridgehead atoms. The fourth-order valence-corrected chi connectivity index (χ4v) is 1.43. The van der Waals surface area contributed by atoms with Gasteiger partial charge in [0.15, 0.2) is 0 Å². The number of carbonyl (C=O) groups is 1. The lowest BCUT2D eigenvalue weighted by Crippen LogP contribution is -2.28. The predicted molar refractivity (Wildman–Crippen MR) is 47.2 cm³/mol. The zero-order chi connectivity index (χ0) is 10.0. The minimum absolute atomic E-state index is 0.0237. The SMILES string of the molecule is COC(=O)c1cc(=O)n(C)c(=O)s1. The largest absolute Gasteiger partial charge is 0.465 e. The molecule has 0 saturated carbocycles. The van der Waals surface area contributed by atoms with E-state index >= 15 is 0 Å². The Hall–Kier alpha value is -1.43. The molecule has 0 N–H and O–H groups in total. The third-order valence-corrected chi connectivity index (χ3v) is 2.40. The van der Waals surface area contributed by atoms with Crippen molar-refractivity contribution in [1.29, 1.82) is 0 Å². The summed E-state index contributed by atoms with van der Waals surface area (Å²) in [6, 6.07) is 1.08. The Balaban J connectivity index is 3.38. The topological polar surface area (TPSA) is 65.4 Å². The van der Waals surface area contributed by atoms with Crippen molar-refractivity contribution in [2.75, 3.05) is 7.11 Å². The summed E-state index contributed by atoms with van der Waals surface area (Å²) in [6.07, 6.45) is 0. The molecule has 0 amide bonds. The molecular formula is C7H7NO4S. The Kier molecular flexibility index (Phi) is 2.62. The standard InChI is InChI=1S/C7H7NO4S/c1-8-5(9)3-4(6(10)12-2)13-7(8)11/h3H,1-2H3. The van der Waals surface area contributed by atoms with E-state index in [1.165, 1.54) is 14.2 Å². The van der Waals surface area contributed by atoms with Crippen LogP contribution in [0.1, 0.15) is 9.67 Å². The summed E-state index contributed by atoms with van der Waals surface area (Å²) < 4.78 is 5.30. The highest BCUT2D eigenvalue weighted by Gasteiger charge is 2.09. The maximum absolute atomic E-state index is 11.1. The van der Waals surface area contributed by atoms with Gasteiger partial charge in [-0.1, -0.05) is 11.3 Å². The van der Waals surface area contributed by atoms with Crippen LogP contribution in [0.4, 0.5) is 0 Å². The molecule has 0 saturated heterocycles. The summed E-state index contributed by atoms with van der Waals surface area (Å²) in [7, 11) is 2.54. The van der Waals surface area contributed by atoms with Crippen LogP contribution in [0.5, 0.6) is 0 Å². The van der Waals surface area contributed by atoms with E-state index in [0.717, 1.165) is 10.6 Å². The van der Waals surface area contributed by atoms with Crippen molar-refractivity contribution in [1.82, 2.24) is 4.57 Å². The first kappa shape index (κ1) is 9.66. The molecule has 0 fully saturated rings. The van der Waals surface area contributed by atoms with Gasteiger partial charge in [-0.3, -0.25) is 14.2 Å². The Morgan fingerprint density at radius 3 is 2.62 bits per heavy atom. The molecule has 1 aromatic rings. The second-order valence-electron chi connectivity index (χ2n) is 2.27. The number of hydrogen-bond acceptors (Lipinski definition) is 5. The van der Waals surface area contributed by atoms with Gasteiger partial charge in [0, 0.05) is 13.1 Å². The summed E-state index contributed by atoms with van der Waals surface area (Å²) in [6.45, 7) is 0. The Bertz CT molecular complexity index is 413. The van der Waals surface area contributed by atoms with Gasteiger partial charge in [-0.2, -0.15) is 0 Å². The van der Waals surface area contributed by atoms with Crippen LogP contribution in [-0.2, 0) is 11.8 Å². The number of aromatic nitrogens is 1. The molecule has 13 heavy (non-hydrogen) atoms. The summed E-state index contributed by atoms with van der Waals surface area (Å²) in [5.41, 5.74) is -0.510. The molecule has 0 aliphatic rings. The van der Waals surface area contributed by atoms with Crippen LogP contribution in [-0.4, -0.2) is 17.6 Å². The van der Waals surface area contributed by atoms with Crippen molar-refractivity contribution in [3.8, 4) is 0 Å². The lowest BCUT2D eigenvalue weighted by Gasteiger charge is -1.97. The van der Waals surface area contributed by atoms with Gasteiger partial charge in [-0.05, 0) is 0 Å². The van der Waals surface area contributed by atoms with Crippen molar-refractivity contribution in [3.05, 3.63) is 31.0 Å². The van der Waals surface area contributed by atoms with Crippen LogP contribution >= 0.6 is 11.3 Å². The van der Waals surface area contributed by atoms with Crippen molar-refractivity contribution in [2.24, 2.45) is 7.05 Å². The van der Waals surface area contributed by atoms with Gasteiger partial charge in [0.1, 0.15) is 4.88 Å². The summed E-state index contributed by atoms with van der Waals surface area (Å²) in [5, 5.41) is 0. The van der Waals surface area contributed by atoms with Gasteiger partial charge >= 0.3 is 10.8 Å². The Morgan fingerprint density at radius 1 is 1.54 bits per heavy atom. The second-order valence-corrected chi connectivity index (χ2v) is 3.26.